The summed E-state index contributed by atoms with van der Waals surface area (Å²) in [6.45, 7) is 0.867. The molecule has 1 fully saturated rings. The molecule has 0 spiro atoms. The fourth-order valence-corrected chi connectivity index (χ4v) is 3.94. The van der Waals surface area contributed by atoms with E-state index in [-0.39, 0.29) is 17.4 Å². The number of carbonyl (C=O) groups excluding carboxylic acids is 1. The Balaban J connectivity index is 1.90. The van der Waals surface area contributed by atoms with Crippen LogP contribution in [0.1, 0.15) is 17.5 Å². The van der Waals surface area contributed by atoms with Gasteiger partial charge in [0.2, 0.25) is 5.91 Å². The van der Waals surface area contributed by atoms with E-state index in [1.165, 1.54) is 0 Å². The molecule has 1 atom stereocenters. The van der Waals surface area contributed by atoms with Crippen LogP contribution in [0, 0.1) is 5.92 Å². The van der Waals surface area contributed by atoms with Crippen LogP contribution in [0.15, 0.2) is 24.3 Å². The fraction of sp³-hybridized carbons (Fsp3) is 0.462. The van der Waals surface area contributed by atoms with Crippen LogP contribution in [0.25, 0.3) is 0 Å². The average Bonchev–Trinajstić information content (AvgIpc) is 2.76. The van der Waals surface area contributed by atoms with Crippen LogP contribution in [0.5, 0.6) is 0 Å². The summed E-state index contributed by atoms with van der Waals surface area (Å²) in [5.74, 6) is -0.489. The predicted octanol–water partition coefficient (Wildman–Crippen LogP) is 0.196. The first kappa shape index (κ1) is 14.0. The van der Waals surface area contributed by atoms with Gasteiger partial charge in [0.05, 0.1) is 17.4 Å². The Morgan fingerprint density at radius 3 is 2.74 bits per heavy atom. The summed E-state index contributed by atoms with van der Waals surface area (Å²) in [7, 11) is -3.01. The number of sulfone groups is 1. The normalized spacial score (nSPS) is 21.2. The fourth-order valence-electron chi connectivity index (χ4n) is 2.20. The van der Waals surface area contributed by atoms with Crippen LogP contribution in [0.3, 0.4) is 0 Å². The molecule has 1 heterocycles. The lowest BCUT2D eigenvalue weighted by molar-refractivity contribution is -0.124. The zero-order valence-electron chi connectivity index (χ0n) is 10.6. The first-order valence-corrected chi connectivity index (χ1v) is 8.08. The van der Waals surface area contributed by atoms with E-state index in [4.69, 9.17) is 5.73 Å². The summed E-state index contributed by atoms with van der Waals surface area (Å²) in [6.07, 6.45) is 0.428. The molecule has 1 saturated heterocycles. The molecule has 0 aliphatic carbocycles. The van der Waals surface area contributed by atoms with E-state index in [2.05, 4.69) is 5.32 Å². The smallest absolute Gasteiger partial charge is 0.224 e. The standard InChI is InChI=1S/C13H18N2O3S/c14-7-10-2-1-3-11(6-10)8-15-13(16)12-4-5-19(17,18)9-12/h1-3,6,12H,4-5,7-9,14H2,(H,15,16). The van der Waals surface area contributed by atoms with Gasteiger partial charge in [0, 0.05) is 13.1 Å². The van der Waals surface area contributed by atoms with Crippen LogP contribution in [-0.2, 0) is 27.7 Å². The molecule has 0 bridgehead atoms. The maximum absolute atomic E-state index is 11.9. The van der Waals surface area contributed by atoms with Gasteiger partial charge in [0.25, 0.3) is 0 Å². The summed E-state index contributed by atoms with van der Waals surface area (Å²) in [5.41, 5.74) is 7.53. The van der Waals surface area contributed by atoms with Crippen molar-refractivity contribution in [1.29, 1.82) is 0 Å². The van der Waals surface area contributed by atoms with Gasteiger partial charge in [0.15, 0.2) is 9.84 Å². The highest BCUT2D eigenvalue weighted by atomic mass is 32.2. The van der Waals surface area contributed by atoms with Crippen molar-refractivity contribution < 1.29 is 13.2 Å². The molecule has 1 amide bonds. The highest BCUT2D eigenvalue weighted by Gasteiger charge is 2.32. The van der Waals surface area contributed by atoms with Crippen molar-refractivity contribution >= 4 is 15.7 Å². The number of nitrogens with two attached hydrogens (primary N) is 1. The van der Waals surface area contributed by atoms with E-state index in [1.807, 2.05) is 24.3 Å². The minimum atomic E-state index is -3.01. The minimum absolute atomic E-state index is 0.0261. The molecule has 1 aromatic rings. The van der Waals surface area contributed by atoms with Crippen molar-refractivity contribution in [3.8, 4) is 0 Å². The molecule has 1 aliphatic rings. The van der Waals surface area contributed by atoms with Gasteiger partial charge in [-0.3, -0.25) is 4.79 Å². The lowest BCUT2D eigenvalue weighted by Crippen LogP contribution is -2.30. The molecule has 1 aromatic carbocycles. The van der Waals surface area contributed by atoms with Crippen LogP contribution in [0.4, 0.5) is 0 Å². The Labute approximate surface area is 113 Å². The van der Waals surface area contributed by atoms with Gasteiger partial charge in [-0.25, -0.2) is 8.42 Å². The molecule has 0 radical (unpaired) electrons. The van der Waals surface area contributed by atoms with Gasteiger partial charge < -0.3 is 11.1 Å². The third kappa shape index (κ3) is 3.78. The van der Waals surface area contributed by atoms with Crippen LogP contribution in [0.2, 0.25) is 0 Å². The van der Waals surface area contributed by atoms with E-state index in [0.29, 0.717) is 19.5 Å². The van der Waals surface area contributed by atoms with E-state index >= 15 is 0 Å². The average molecular weight is 282 g/mol. The van der Waals surface area contributed by atoms with E-state index in [0.717, 1.165) is 11.1 Å². The van der Waals surface area contributed by atoms with Crippen LogP contribution < -0.4 is 11.1 Å². The molecule has 0 aromatic heterocycles. The number of amides is 1. The number of nitrogens with one attached hydrogen (secondary N) is 1. The third-order valence-electron chi connectivity index (χ3n) is 3.30. The van der Waals surface area contributed by atoms with Gasteiger partial charge in [-0.05, 0) is 17.5 Å². The first-order valence-electron chi connectivity index (χ1n) is 6.26. The molecule has 19 heavy (non-hydrogen) atoms. The van der Waals surface area contributed by atoms with Crippen LogP contribution >= 0.6 is 0 Å². The molecule has 5 nitrogen and oxygen atoms in total. The van der Waals surface area contributed by atoms with Gasteiger partial charge >= 0.3 is 0 Å². The molecule has 1 aliphatic heterocycles. The Morgan fingerprint density at radius 1 is 1.37 bits per heavy atom. The molecule has 1 unspecified atom stereocenters. The summed E-state index contributed by atoms with van der Waals surface area (Å²) in [6, 6.07) is 7.66. The van der Waals surface area contributed by atoms with Gasteiger partial charge in [0.1, 0.15) is 0 Å². The van der Waals surface area contributed by atoms with E-state index < -0.39 is 15.8 Å². The maximum Gasteiger partial charge on any atom is 0.224 e. The topological polar surface area (TPSA) is 89.3 Å². The zero-order valence-corrected chi connectivity index (χ0v) is 11.4. The third-order valence-corrected chi connectivity index (χ3v) is 5.07. The summed E-state index contributed by atoms with van der Waals surface area (Å²) in [5, 5.41) is 2.79. The molecule has 2 rings (SSSR count). The van der Waals surface area contributed by atoms with Crippen molar-refractivity contribution in [3.63, 3.8) is 0 Å². The van der Waals surface area contributed by atoms with Crippen molar-refractivity contribution in [2.24, 2.45) is 11.7 Å². The summed E-state index contributed by atoms with van der Waals surface area (Å²) in [4.78, 5) is 11.9. The monoisotopic (exact) mass is 282 g/mol. The molecular formula is C13H18N2O3S. The van der Waals surface area contributed by atoms with E-state index in [9.17, 15) is 13.2 Å². The lowest BCUT2D eigenvalue weighted by Gasteiger charge is -2.10. The highest BCUT2D eigenvalue weighted by molar-refractivity contribution is 7.91. The summed E-state index contributed by atoms with van der Waals surface area (Å²) < 4.78 is 22.6. The molecular weight excluding hydrogens is 264 g/mol. The molecule has 6 heteroatoms. The molecule has 104 valence electrons. The maximum atomic E-state index is 11.9. The first-order chi connectivity index (χ1) is 9.00. The van der Waals surface area contributed by atoms with Gasteiger partial charge in [-0.15, -0.1) is 0 Å². The second-order valence-corrected chi connectivity index (χ2v) is 7.07. The predicted molar refractivity (Wildman–Crippen MR) is 72.9 cm³/mol. The van der Waals surface area contributed by atoms with E-state index in [1.54, 1.807) is 0 Å². The largest absolute Gasteiger partial charge is 0.352 e. The van der Waals surface area contributed by atoms with Gasteiger partial charge in [-0.2, -0.15) is 0 Å². The van der Waals surface area contributed by atoms with Gasteiger partial charge in [-0.1, -0.05) is 24.3 Å². The van der Waals surface area contributed by atoms with Crippen LogP contribution in [-0.4, -0.2) is 25.8 Å². The second kappa shape index (κ2) is 5.71. The SMILES string of the molecule is NCc1cccc(CNC(=O)C2CCS(=O)(=O)C2)c1. The van der Waals surface area contributed by atoms with Crippen molar-refractivity contribution in [2.45, 2.75) is 19.5 Å². The number of rotatable bonds is 4. The molecule has 0 saturated carbocycles. The zero-order chi connectivity index (χ0) is 13.9. The quantitative estimate of drug-likeness (QED) is 0.825. The second-order valence-electron chi connectivity index (χ2n) is 4.84. The minimum Gasteiger partial charge on any atom is -0.352 e. The Bertz CT molecular complexity index is 569. The summed E-state index contributed by atoms with van der Waals surface area (Å²) >= 11 is 0. The molecule has 3 N–H and O–H groups in total. The number of carbonyl (C=O) groups is 1. The van der Waals surface area contributed by atoms with Crippen molar-refractivity contribution in [1.82, 2.24) is 5.32 Å². The number of hydrogen-bond donors (Lipinski definition) is 2. The Hall–Kier alpha value is -1.40. The van der Waals surface area contributed by atoms with Crippen molar-refractivity contribution in [3.05, 3.63) is 35.4 Å². The highest BCUT2D eigenvalue weighted by Crippen LogP contribution is 2.18. The Kier molecular flexibility index (Phi) is 4.21. The Morgan fingerprint density at radius 2 is 2.11 bits per heavy atom. The number of hydrogen-bond acceptors (Lipinski definition) is 4. The lowest BCUT2D eigenvalue weighted by atomic mass is 10.1. The van der Waals surface area contributed by atoms with Crippen molar-refractivity contribution in [2.75, 3.05) is 11.5 Å². The number of benzene rings is 1.